The van der Waals surface area contributed by atoms with Crippen molar-refractivity contribution < 1.29 is 22.7 Å². The van der Waals surface area contributed by atoms with Crippen LogP contribution in [0.5, 0.6) is 0 Å². The second-order valence-electron chi connectivity index (χ2n) is 7.17. The number of amides is 2. The molecule has 9 heteroatoms. The number of ether oxygens (including phenoxy) is 1. The van der Waals surface area contributed by atoms with Gasteiger partial charge in [-0.2, -0.15) is 0 Å². The van der Waals surface area contributed by atoms with Gasteiger partial charge in [-0.15, -0.1) is 0 Å². The molecule has 3 aliphatic rings. The monoisotopic (exact) mass is 379 g/mol. The van der Waals surface area contributed by atoms with Crippen molar-refractivity contribution in [2.75, 3.05) is 19.7 Å². The zero-order valence-electron chi connectivity index (χ0n) is 14.7. The molecule has 3 saturated heterocycles. The van der Waals surface area contributed by atoms with E-state index in [0.29, 0.717) is 37.2 Å². The average molecular weight is 379 g/mol. The van der Waals surface area contributed by atoms with Crippen molar-refractivity contribution in [2.45, 2.75) is 43.4 Å². The van der Waals surface area contributed by atoms with Crippen molar-refractivity contribution in [1.82, 2.24) is 9.80 Å². The summed E-state index contributed by atoms with van der Waals surface area (Å²) in [4.78, 5) is 28.7. The van der Waals surface area contributed by atoms with Crippen LogP contribution in [-0.2, 0) is 19.6 Å². The van der Waals surface area contributed by atoms with Gasteiger partial charge >= 0.3 is 0 Å². The van der Waals surface area contributed by atoms with Gasteiger partial charge in [-0.25, -0.2) is 13.6 Å². The smallest absolute Gasteiger partial charge is 0.254 e. The first-order valence-corrected chi connectivity index (χ1v) is 10.1. The van der Waals surface area contributed by atoms with Gasteiger partial charge in [0.15, 0.2) is 5.72 Å². The van der Waals surface area contributed by atoms with Gasteiger partial charge in [0.1, 0.15) is 0 Å². The van der Waals surface area contributed by atoms with E-state index in [1.54, 1.807) is 29.7 Å². The molecule has 1 aromatic carbocycles. The summed E-state index contributed by atoms with van der Waals surface area (Å²) < 4.78 is 29.6. The van der Waals surface area contributed by atoms with Crippen LogP contribution in [0.25, 0.3) is 0 Å². The molecule has 3 aliphatic heterocycles. The molecule has 0 aromatic heterocycles. The van der Waals surface area contributed by atoms with E-state index in [9.17, 15) is 18.0 Å². The Kier molecular flexibility index (Phi) is 3.70. The van der Waals surface area contributed by atoms with E-state index < -0.39 is 15.7 Å². The fraction of sp³-hybridized carbons (Fsp3) is 0.529. The van der Waals surface area contributed by atoms with Gasteiger partial charge in [0, 0.05) is 25.1 Å². The molecule has 8 nitrogen and oxygen atoms in total. The summed E-state index contributed by atoms with van der Waals surface area (Å²) in [5.74, 6) is -0.305. The van der Waals surface area contributed by atoms with E-state index >= 15 is 0 Å². The molecule has 1 spiro atoms. The van der Waals surface area contributed by atoms with Gasteiger partial charge in [0.2, 0.25) is 15.9 Å². The summed E-state index contributed by atoms with van der Waals surface area (Å²) >= 11 is 0. The number of nitrogens with zero attached hydrogens (tertiary/aromatic N) is 2. The fourth-order valence-electron chi connectivity index (χ4n) is 4.45. The summed E-state index contributed by atoms with van der Waals surface area (Å²) in [5.41, 5.74) is 0.756. The third kappa shape index (κ3) is 2.30. The molecule has 0 bridgehead atoms. The molecule has 0 saturated carbocycles. The summed E-state index contributed by atoms with van der Waals surface area (Å²) in [6.07, 6.45) is 0.806. The van der Waals surface area contributed by atoms with E-state index in [-0.39, 0.29) is 34.7 Å². The Morgan fingerprint density at radius 1 is 1.31 bits per heavy atom. The highest BCUT2D eigenvalue weighted by atomic mass is 32.2. The topological polar surface area (TPSA) is 110 Å². The lowest BCUT2D eigenvalue weighted by Crippen LogP contribution is -2.48. The molecule has 26 heavy (non-hydrogen) atoms. The van der Waals surface area contributed by atoms with Crippen LogP contribution in [0, 0.1) is 13.8 Å². The van der Waals surface area contributed by atoms with Gasteiger partial charge in [0.05, 0.1) is 24.0 Å². The molecule has 0 unspecified atom stereocenters. The summed E-state index contributed by atoms with van der Waals surface area (Å²) in [7, 11) is -3.94. The Hall–Kier alpha value is -1.97. The van der Waals surface area contributed by atoms with Crippen molar-refractivity contribution in [2.24, 2.45) is 5.14 Å². The number of nitrogens with two attached hydrogens (primary N) is 1. The summed E-state index contributed by atoms with van der Waals surface area (Å²) in [5, 5.41) is 5.30. The molecule has 2 N–H and O–H groups in total. The van der Waals surface area contributed by atoms with E-state index in [0.717, 1.165) is 0 Å². The second-order valence-corrected chi connectivity index (χ2v) is 8.70. The highest BCUT2D eigenvalue weighted by Crippen LogP contribution is 2.46. The van der Waals surface area contributed by atoms with E-state index in [2.05, 4.69) is 0 Å². The number of carbonyl (C=O) groups is 2. The summed E-state index contributed by atoms with van der Waals surface area (Å²) in [6.45, 7) is 4.90. The number of benzene rings is 1. The highest BCUT2D eigenvalue weighted by molar-refractivity contribution is 7.89. The lowest BCUT2D eigenvalue weighted by Gasteiger charge is -2.31. The van der Waals surface area contributed by atoms with Crippen LogP contribution in [0.4, 0.5) is 0 Å². The Morgan fingerprint density at radius 2 is 2.04 bits per heavy atom. The normalized spacial score (nSPS) is 27.8. The maximum atomic E-state index is 13.1. The molecular weight excluding hydrogens is 358 g/mol. The lowest BCUT2D eigenvalue weighted by atomic mass is 10.0. The van der Waals surface area contributed by atoms with Crippen LogP contribution in [0.1, 0.15) is 34.3 Å². The number of aryl methyl sites for hydroxylation is 1. The predicted molar refractivity (Wildman–Crippen MR) is 91.7 cm³/mol. The molecule has 0 aliphatic carbocycles. The average Bonchev–Trinajstić information content (AvgIpc) is 3.19. The quantitative estimate of drug-likeness (QED) is 0.785. The SMILES string of the molecule is Cc1cc(C(=O)N2CC[C@@]34OCCN3C(=O)C[C@@H]24)cc(S(N)(=O)=O)c1C. The Bertz CT molecular complexity index is 929. The Labute approximate surface area is 151 Å². The minimum Gasteiger partial charge on any atom is -0.351 e. The molecule has 2 atom stereocenters. The zero-order valence-corrected chi connectivity index (χ0v) is 15.5. The lowest BCUT2D eigenvalue weighted by molar-refractivity contribution is -0.136. The second kappa shape index (κ2) is 5.51. The number of rotatable bonds is 2. The first kappa shape index (κ1) is 17.4. The number of likely N-dealkylation sites (tertiary alicyclic amines) is 1. The number of primary sulfonamides is 1. The molecule has 1 aromatic rings. The standard InChI is InChI=1S/C17H21N3O5S/c1-10-7-12(8-13(11(10)2)26(18,23)24)16(22)19-4-3-17-14(19)9-15(21)20(17)5-6-25-17/h7-8,14H,3-6,9H2,1-2H3,(H2,18,23,24)/t14-,17+/m1/s1. The van der Waals surface area contributed by atoms with E-state index in [1.165, 1.54) is 6.07 Å². The molecule has 3 fully saturated rings. The maximum absolute atomic E-state index is 13.1. The van der Waals surface area contributed by atoms with Crippen molar-refractivity contribution >= 4 is 21.8 Å². The molecule has 0 radical (unpaired) electrons. The van der Waals surface area contributed by atoms with Crippen LogP contribution < -0.4 is 5.14 Å². The number of sulfonamides is 1. The van der Waals surface area contributed by atoms with Gasteiger partial charge < -0.3 is 14.5 Å². The molecular formula is C17H21N3O5S. The summed E-state index contributed by atoms with van der Waals surface area (Å²) in [6, 6.07) is 2.65. The number of hydrogen-bond donors (Lipinski definition) is 1. The van der Waals surface area contributed by atoms with Crippen LogP contribution in [0.15, 0.2) is 17.0 Å². The number of hydrogen-bond acceptors (Lipinski definition) is 5. The maximum Gasteiger partial charge on any atom is 0.254 e. The molecule has 4 rings (SSSR count). The van der Waals surface area contributed by atoms with Crippen molar-refractivity contribution in [3.63, 3.8) is 0 Å². The minimum absolute atomic E-state index is 0.00434. The van der Waals surface area contributed by atoms with Crippen molar-refractivity contribution in [3.8, 4) is 0 Å². The number of carbonyl (C=O) groups excluding carboxylic acids is 2. The third-order valence-electron chi connectivity index (χ3n) is 5.83. The van der Waals surface area contributed by atoms with Gasteiger partial charge in [-0.05, 0) is 37.1 Å². The van der Waals surface area contributed by atoms with E-state index in [1.807, 2.05) is 0 Å². The van der Waals surface area contributed by atoms with Gasteiger partial charge in [-0.3, -0.25) is 9.59 Å². The molecule has 2 amide bonds. The first-order chi connectivity index (χ1) is 12.1. The van der Waals surface area contributed by atoms with Crippen LogP contribution >= 0.6 is 0 Å². The van der Waals surface area contributed by atoms with Crippen LogP contribution in [0.2, 0.25) is 0 Å². The molecule has 140 valence electrons. The highest BCUT2D eigenvalue weighted by Gasteiger charge is 2.62. The fourth-order valence-corrected chi connectivity index (χ4v) is 5.33. The van der Waals surface area contributed by atoms with Crippen LogP contribution in [-0.4, -0.2) is 61.5 Å². The predicted octanol–water partition coefficient (Wildman–Crippen LogP) is 0.124. The van der Waals surface area contributed by atoms with E-state index in [4.69, 9.17) is 9.88 Å². The molecule has 3 heterocycles. The Morgan fingerprint density at radius 3 is 2.73 bits per heavy atom. The third-order valence-corrected chi connectivity index (χ3v) is 6.87. The minimum atomic E-state index is -3.94. The van der Waals surface area contributed by atoms with Crippen molar-refractivity contribution in [1.29, 1.82) is 0 Å². The van der Waals surface area contributed by atoms with Gasteiger partial charge in [0.25, 0.3) is 5.91 Å². The van der Waals surface area contributed by atoms with Crippen molar-refractivity contribution in [3.05, 3.63) is 28.8 Å². The Balaban J connectivity index is 1.72. The largest absolute Gasteiger partial charge is 0.351 e. The van der Waals surface area contributed by atoms with Gasteiger partial charge in [-0.1, -0.05) is 0 Å². The zero-order chi connectivity index (χ0) is 18.9. The first-order valence-electron chi connectivity index (χ1n) is 8.54. The van der Waals surface area contributed by atoms with Crippen LogP contribution in [0.3, 0.4) is 0 Å².